The summed E-state index contributed by atoms with van der Waals surface area (Å²) in [4.78, 5) is 36.9. The Kier molecular flexibility index (Phi) is 6.74. The SMILES string of the molecule is Cc1ccc(C(=O)Oc2ccc3ccccc3c2/C=N\NC(=O)C(=O)Nc2ccccc2)cc1. The number of para-hydroxylation sites is 1. The topological polar surface area (TPSA) is 96.9 Å². The van der Waals surface area contributed by atoms with E-state index in [1.807, 2.05) is 49.4 Å². The number of amides is 2. The summed E-state index contributed by atoms with van der Waals surface area (Å²) in [5.74, 6) is -2.03. The maximum Gasteiger partial charge on any atom is 0.343 e. The first-order valence-corrected chi connectivity index (χ1v) is 10.5. The van der Waals surface area contributed by atoms with Crippen LogP contribution in [-0.4, -0.2) is 24.0 Å². The predicted molar refractivity (Wildman–Crippen MR) is 131 cm³/mol. The van der Waals surface area contributed by atoms with Crippen LogP contribution in [0.2, 0.25) is 0 Å². The Hall–Kier alpha value is -4.78. The van der Waals surface area contributed by atoms with Crippen LogP contribution in [0, 0.1) is 6.92 Å². The van der Waals surface area contributed by atoms with Gasteiger partial charge in [-0.25, -0.2) is 10.2 Å². The zero-order chi connectivity index (χ0) is 23.9. The van der Waals surface area contributed by atoms with E-state index in [9.17, 15) is 14.4 Å². The molecule has 0 atom stereocenters. The third kappa shape index (κ3) is 5.34. The molecule has 0 heterocycles. The van der Waals surface area contributed by atoms with E-state index in [0.717, 1.165) is 16.3 Å². The number of rotatable bonds is 5. The van der Waals surface area contributed by atoms with Gasteiger partial charge in [-0.1, -0.05) is 66.2 Å². The summed E-state index contributed by atoms with van der Waals surface area (Å²) in [6.07, 6.45) is 1.35. The molecule has 4 aromatic rings. The molecule has 0 radical (unpaired) electrons. The first-order valence-electron chi connectivity index (χ1n) is 10.5. The van der Waals surface area contributed by atoms with Gasteiger partial charge >= 0.3 is 17.8 Å². The largest absolute Gasteiger partial charge is 0.422 e. The fourth-order valence-electron chi connectivity index (χ4n) is 3.26. The van der Waals surface area contributed by atoms with Gasteiger partial charge in [-0.2, -0.15) is 5.10 Å². The Morgan fingerprint density at radius 3 is 2.26 bits per heavy atom. The number of carbonyl (C=O) groups is 3. The van der Waals surface area contributed by atoms with Gasteiger partial charge in [0.05, 0.1) is 11.8 Å². The van der Waals surface area contributed by atoms with Crippen molar-refractivity contribution >= 4 is 40.5 Å². The number of benzene rings is 4. The van der Waals surface area contributed by atoms with Crippen LogP contribution in [0.3, 0.4) is 0 Å². The Balaban J connectivity index is 1.54. The lowest BCUT2D eigenvalue weighted by Gasteiger charge is -2.11. The van der Waals surface area contributed by atoms with E-state index in [0.29, 0.717) is 16.8 Å². The van der Waals surface area contributed by atoms with Crippen molar-refractivity contribution in [3.63, 3.8) is 0 Å². The van der Waals surface area contributed by atoms with Gasteiger partial charge in [0.25, 0.3) is 0 Å². The van der Waals surface area contributed by atoms with Crippen LogP contribution in [0.15, 0.2) is 96.1 Å². The number of aryl methyl sites for hydroxylation is 1. The Labute approximate surface area is 196 Å². The van der Waals surface area contributed by atoms with Gasteiger partial charge in [-0.05, 0) is 48.0 Å². The summed E-state index contributed by atoms with van der Waals surface area (Å²) in [5, 5.41) is 8.08. The van der Waals surface area contributed by atoms with E-state index in [2.05, 4.69) is 15.8 Å². The zero-order valence-corrected chi connectivity index (χ0v) is 18.3. The van der Waals surface area contributed by atoms with Crippen LogP contribution in [-0.2, 0) is 9.59 Å². The number of nitrogens with zero attached hydrogens (tertiary/aromatic N) is 1. The van der Waals surface area contributed by atoms with Crippen LogP contribution < -0.4 is 15.5 Å². The molecule has 0 fully saturated rings. The van der Waals surface area contributed by atoms with Crippen molar-refractivity contribution in [1.29, 1.82) is 0 Å². The van der Waals surface area contributed by atoms with E-state index in [1.54, 1.807) is 48.5 Å². The molecule has 34 heavy (non-hydrogen) atoms. The number of hydrazone groups is 1. The predicted octanol–water partition coefficient (Wildman–Crippen LogP) is 4.46. The molecule has 0 bridgehead atoms. The molecule has 4 rings (SSSR count). The van der Waals surface area contributed by atoms with E-state index < -0.39 is 17.8 Å². The van der Waals surface area contributed by atoms with E-state index in [-0.39, 0.29) is 5.75 Å². The Bertz CT molecular complexity index is 1380. The van der Waals surface area contributed by atoms with Crippen LogP contribution in [0.1, 0.15) is 21.5 Å². The summed E-state index contributed by atoms with van der Waals surface area (Å²) in [5.41, 5.74) is 4.63. The Morgan fingerprint density at radius 1 is 0.794 bits per heavy atom. The van der Waals surface area contributed by atoms with E-state index >= 15 is 0 Å². The highest BCUT2D eigenvalue weighted by molar-refractivity contribution is 6.39. The fourth-order valence-corrected chi connectivity index (χ4v) is 3.26. The molecule has 2 amide bonds. The number of anilines is 1. The smallest absolute Gasteiger partial charge is 0.343 e. The van der Waals surface area contributed by atoms with Gasteiger partial charge in [0.1, 0.15) is 5.75 Å². The molecule has 0 aliphatic heterocycles. The van der Waals surface area contributed by atoms with E-state index in [1.165, 1.54) is 6.21 Å². The Morgan fingerprint density at radius 2 is 1.50 bits per heavy atom. The number of esters is 1. The van der Waals surface area contributed by atoms with Crippen molar-refractivity contribution in [2.75, 3.05) is 5.32 Å². The number of fused-ring (bicyclic) bond motifs is 1. The highest BCUT2D eigenvalue weighted by Crippen LogP contribution is 2.27. The molecule has 7 nitrogen and oxygen atoms in total. The molecule has 0 spiro atoms. The van der Waals surface area contributed by atoms with Crippen molar-refractivity contribution in [2.45, 2.75) is 6.92 Å². The number of hydrogen-bond donors (Lipinski definition) is 2. The average Bonchev–Trinajstić information content (AvgIpc) is 2.86. The van der Waals surface area contributed by atoms with Crippen LogP contribution in [0.25, 0.3) is 10.8 Å². The molecule has 168 valence electrons. The summed E-state index contributed by atoms with van der Waals surface area (Å²) < 4.78 is 5.64. The minimum Gasteiger partial charge on any atom is -0.422 e. The van der Waals surface area contributed by atoms with Gasteiger partial charge in [-0.15, -0.1) is 0 Å². The normalized spacial score (nSPS) is 10.7. The van der Waals surface area contributed by atoms with Crippen molar-refractivity contribution in [2.24, 2.45) is 5.10 Å². The van der Waals surface area contributed by atoms with Crippen molar-refractivity contribution < 1.29 is 19.1 Å². The molecule has 0 unspecified atom stereocenters. The second kappa shape index (κ2) is 10.2. The van der Waals surface area contributed by atoms with Gasteiger partial charge in [0.2, 0.25) is 0 Å². The quantitative estimate of drug-likeness (QED) is 0.154. The monoisotopic (exact) mass is 451 g/mol. The molecule has 4 aromatic carbocycles. The fraction of sp³-hybridized carbons (Fsp3) is 0.0370. The molecule has 0 saturated heterocycles. The maximum atomic E-state index is 12.7. The average molecular weight is 451 g/mol. The van der Waals surface area contributed by atoms with Gasteiger partial charge in [0.15, 0.2) is 0 Å². The van der Waals surface area contributed by atoms with Gasteiger partial charge in [0, 0.05) is 11.3 Å². The minimum atomic E-state index is -0.932. The summed E-state index contributed by atoms with van der Waals surface area (Å²) in [6, 6.07) is 26.6. The third-order valence-corrected chi connectivity index (χ3v) is 5.02. The van der Waals surface area contributed by atoms with Crippen molar-refractivity contribution in [1.82, 2.24) is 5.43 Å². The highest BCUT2D eigenvalue weighted by Gasteiger charge is 2.15. The lowest BCUT2D eigenvalue weighted by molar-refractivity contribution is -0.136. The molecule has 0 aliphatic rings. The highest BCUT2D eigenvalue weighted by atomic mass is 16.5. The van der Waals surface area contributed by atoms with Crippen LogP contribution in [0.4, 0.5) is 5.69 Å². The van der Waals surface area contributed by atoms with E-state index in [4.69, 9.17) is 4.74 Å². The second-order valence-electron chi connectivity index (χ2n) is 7.47. The van der Waals surface area contributed by atoms with Crippen LogP contribution in [0.5, 0.6) is 5.75 Å². The maximum absolute atomic E-state index is 12.7. The lowest BCUT2D eigenvalue weighted by Crippen LogP contribution is -2.32. The minimum absolute atomic E-state index is 0.274. The lowest BCUT2D eigenvalue weighted by atomic mass is 10.0. The van der Waals surface area contributed by atoms with Crippen molar-refractivity contribution in [3.05, 3.63) is 108 Å². The molecule has 2 N–H and O–H groups in total. The molecule has 7 heteroatoms. The number of ether oxygens (including phenoxy) is 1. The standard InChI is InChI=1S/C27H21N3O4/c1-18-11-13-20(14-12-18)27(33)34-24-16-15-19-7-5-6-10-22(19)23(24)17-28-30-26(32)25(31)29-21-8-3-2-4-9-21/h2-17H,1H3,(H,29,31)(H,30,32)/b28-17-. The number of nitrogens with one attached hydrogen (secondary N) is 2. The molecule has 0 aliphatic carbocycles. The first-order chi connectivity index (χ1) is 16.5. The summed E-state index contributed by atoms with van der Waals surface area (Å²) in [7, 11) is 0. The van der Waals surface area contributed by atoms with Crippen molar-refractivity contribution in [3.8, 4) is 5.75 Å². The first kappa shape index (κ1) is 22.4. The molecular formula is C27H21N3O4. The zero-order valence-electron chi connectivity index (χ0n) is 18.3. The molecule has 0 saturated carbocycles. The van der Waals surface area contributed by atoms with Crippen LogP contribution >= 0.6 is 0 Å². The van der Waals surface area contributed by atoms with Gasteiger partial charge < -0.3 is 10.1 Å². The third-order valence-electron chi connectivity index (χ3n) is 5.02. The summed E-state index contributed by atoms with van der Waals surface area (Å²) >= 11 is 0. The number of carbonyl (C=O) groups excluding carboxylic acids is 3. The van der Waals surface area contributed by atoms with Gasteiger partial charge in [-0.3, -0.25) is 9.59 Å². The number of hydrogen-bond acceptors (Lipinski definition) is 5. The molecular weight excluding hydrogens is 430 g/mol. The summed E-state index contributed by atoms with van der Waals surface area (Å²) in [6.45, 7) is 1.93. The molecule has 0 aromatic heterocycles. The second-order valence-corrected chi connectivity index (χ2v) is 7.47.